The number of halogens is 8. The molecule has 2 atom stereocenters. The number of pyridine rings is 2. The van der Waals surface area contributed by atoms with Crippen LogP contribution < -0.4 is 14.2 Å². The first-order valence-electron chi connectivity index (χ1n) is 11.4. The fraction of sp³-hybridized carbons (Fsp3) is 0.240. The monoisotopic (exact) mass is 667 g/mol. The van der Waals surface area contributed by atoms with E-state index in [1.807, 2.05) is 0 Å². The molecule has 4 aromatic rings. The van der Waals surface area contributed by atoms with Gasteiger partial charge in [0.05, 0.1) is 0 Å². The van der Waals surface area contributed by atoms with Gasteiger partial charge in [-0.1, -0.05) is 12.1 Å². The molecule has 0 aliphatic rings. The third kappa shape index (κ3) is 6.87. The molecule has 3 heterocycles. The van der Waals surface area contributed by atoms with Gasteiger partial charge in [0.15, 0.2) is 23.9 Å². The van der Waals surface area contributed by atoms with Crippen LogP contribution in [0.15, 0.2) is 71.9 Å². The van der Waals surface area contributed by atoms with Crippen molar-refractivity contribution in [1.82, 2.24) is 9.97 Å². The van der Waals surface area contributed by atoms with Crippen LogP contribution in [0.3, 0.4) is 0 Å². The van der Waals surface area contributed by atoms with E-state index in [0.29, 0.717) is 21.6 Å². The first-order chi connectivity index (χ1) is 19.3. The maximum absolute atomic E-state index is 14.3. The number of nitrogens with zero attached hydrogens (tertiary/aromatic N) is 3. The Morgan fingerprint density at radius 2 is 1.59 bits per heavy atom. The molecule has 0 spiro atoms. The minimum absolute atomic E-state index is 0.00985. The van der Waals surface area contributed by atoms with Crippen molar-refractivity contribution in [3.63, 3.8) is 0 Å². The van der Waals surface area contributed by atoms with E-state index in [9.17, 15) is 41.0 Å². The zero-order valence-corrected chi connectivity index (χ0v) is 22.6. The highest BCUT2D eigenvalue weighted by molar-refractivity contribution is 9.10. The standard InChI is InChI=1S/C25H17BrF7N3O4S/c26-20-4-2-15(11-34-20)24(37,25(31,32)33)21-35-12-19(41-21)16(9-13-5-7-36(38)8-6-13)14-1-3-17(39-22(27)28)18(10-14)40-23(29)30/h1-8,10-12,16,22-23,37H,9H2. The number of rotatable bonds is 10. The fourth-order valence-corrected chi connectivity index (χ4v) is 5.35. The van der Waals surface area contributed by atoms with Gasteiger partial charge in [-0.05, 0) is 51.7 Å². The summed E-state index contributed by atoms with van der Waals surface area (Å²) in [5, 5.41) is 21.7. The SMILES string of the molecule is [O-][n+]1ccc(CC(c2ccc(OC(F)F)c(OC(F)F)c2)c2cnc(C(O)(c3ccc(Br)nc3)C(F)(F)F)s2)cc1. The number of hydrogen-bond acceptors (Lipinski definition) is 7. The van der Waals surface area contributed by atoms with Crippen LogP contribution in [-0.4, -0.2) is 34.5 Å². The normalized spacial score (nSPS) is 14.2. The predicted octanol–water partition coefficient (Wildman–Crippen LogP) is 6.31. The molecule has 0 radical (unpaired) electrons. The second kappa shape index (κ2) is 12.2. The molecule has 1 aromatic carbocycles. The smallest absolute Gasteiger partial charge is 0.428 e. The number of ether oxygens (including phenoxy) is 2. The second-order valence-corrected chi connectivity index (χ2v) is 10.3. The summed E-state index contributed by atoms with van der Waals surface area (Å²) in [6, 6.07) is 8.34. The van der Waals surface area contributed by atoms with Crippen LogP contribution >= 0.6 is 27.3 Å². The van der Waals surface area contributed by atoms with Gasteiger partial charge in [-0.3, -0.25) is 0 Å². The fourth-order valence-electron chi connectivity index (χ4n) is 3.93. The van der Waals surface area contributed by atoms with Crippen LogP contribution in [0, 0.1) is 5.21 Å². The average molecular weight is 668 g/mol. The van der Waals surface area contributed by atoms with Gasteiger partial charge in [0.1, 0.15) is 9.61 Å². The van der Waals surface area contributed by atoms with Crippen molar-refractivity contribution in [2.75, 3.05) is 0 Å². The van der Waals surface area contributed by atoms with Crippen LogP contribution in [0.2, 0.25) is 0 Å². The molecule has 7 nitrogen and oxygen atoms in total. The first kappa shape index (κ1) is 30.5. The molecule has 2 unspecified atom stereocenters. The van der Waals surface area contributed by atoms with Gasteiger partial charge >= 0.3 is 19.4 Å². The summed E-state index contributed by atoms with van der Waals surface area (Å²) in [6.45, 7) is -6.75. The highest BCUT2D eigenvalue weighted by Crippen LogP contribution is 2.47. The molecular weight excluding hydrogens is 651 g/mol. The number of alkyl halides is 7. The van der Waals surface area contributed by atoms with Gasteiger partial charge in [0.25, 0.3) is 0 Å². The van der Waals surface area contributed by atoms with Gasteiger partial charge in [-0.2, -0.15) is 35.5 Å². The Balaban J connectivity index is 1.83. The van der Waals surface area contributed by atoms with E-state index in [1.54, 1.807) is 0 Å². The second-order valence-electron chi connectivity index (χ2n) is 8.43. The summed E-state index contributed by atoms with van der Waals surface area (Å²) in [5.41, 5.74) is -3.47. The summed E-state index contributed by atoms with van der Waals surface area (Å²) in [5.74, 6) is -2.33. The van der Waals surface area contributed by atoms with E-state index in [1.165, 1.54) is 36.7 Å². The number of hydrogen-bond donors (Lipinski definition) is 1. The number of benzene rings is 1. The lowest BCUT2D eigenvalue weighted by molar-refractivity contribution is -0.605. The zero-order chi connectivity index (χ0) is 29.9. The van der Waals surface area contributed by atoms with E-state index < -0.39 is 53.0 Å². The van der Waals surface area contributed by atoms with Crippen molar-refractivity contribution in [1.29, 1.82) is 0 Å². The molecule has 0 fully saturated rings. The Hall–Kier alpha value is -3.50. The maximum atomic E-state index is 14.3. The van der Waals surface area contributed by atoms with Gasteiger partial charge in [-0.25, -0.2) is 9.97 Å². The van der Waals surface area contributed by atoms with Crippen molar-refractivity contribution in [2.24, 2.45) is 0 Å². The van der Waals surface area contributed by atoms with Crippen molar-refractivity contribution >= 4 is 27.3 Å². The summed E-state index contributed by atoms with van der Waals surface area (Å²) < 4.78 is 104. The highest BCUT2D eigenvalue weighted by Gasteiger charge is 2.58. The van der Waals surface area contributed by atoms with Crippen molar-refractivity contribution in [2.45, 2.75) is 37.3 Å². The van der Waals surface area contributed by atoms with E-state index in [4.69, 9.17) is 0 Å². The molecule has 4 rings (SSSR count). The quantitative estimate of drug-likeness (QED) is 0.0923. The van der Waals surface area contributed by atoms with Crippen LogP contribution in [0.25, 0.3) is 0 Å². The molecule has 218 valence electrons. The molecule has 0 saturated carbocycles. The van der Waals surface area contributed by atoms with E-state index >= 15 is 0 Å². The Morgan fingerprint density at radius 3 is 2.17 bits per heavy atom. The first-order valence-corrected chi connectivity index (χ1v) is 13.0. The zero-order valence-electron chi connectivity index (χ0n) is 20.2. The minimum atomic E-state index is -5.22. The van der Waals surface area contributed by atoms with Crippen LogP contribution in [-0.2, 0) is 12.0 Å². The summed E-state index contributed by atoms with van der Waals surface area (Å²) in [6.07, 6.45) is -0.928. The molecule has 0 amide bonds. The highest BCUT2D eigenvalue weighted by atomic mass is 79.9. The maximum Gasteiger partial charge on any atom is 0.428 e. The molecule has 0 saturated heterocycles. The summed E-state index contributed by atoms with van der Waals surface area (Å²) >= 11 is 3.52. The Labute approximate surface area is 239 Å². The van der Waals surface area contributed by atoms with Crippen LogP contribution in [0.1, 0.15) is 32.5 Å². The number of aliphatic hydroxyl groups is 1. The molecule has 3 aromatic heterocycles. The van der Waals surface area contributed by atoms with Gasteiger partial charge < -0.3 is 19.8 Å². The van der Waals surface area contributed by atoms with E-state index in [2.05, 4.69) is 35.4 Å². The topological polar surface area (TPSA) is 91.4 Å². The molecule has 0 aliphatic heterocycles. The lowest BCUT2D eigenvalue weighted by Gasteiger charge is -2.28. The Morgan fingerprint density at radius 1 is 0.927 bits per heavy atom. The lowest BCUT2D eigenvalue weighted by Crippen LogP contribution is -2.43. The van der Waals surface area contributed by atoms with Gasteiger partial charge in [0.2, 0.25) is 5.60 Å². The van der Waals surface area contributed by atoms with Gasteiger partial charge in [0, 0.05) is 40.9 Å². The van der Waals surface area contributed by atoms with Crippen molar-refractivity contribution in [3.8, 4) is 11.5 Å². The predicted molar refractivity (Wildman–Crippen MR) is 134 cm³/mol. The van der Waals surface area contributed by atoms with Gasteiger partial charge in [-0.15, -0.1) is 11.3 Å². The third-order valence-electron chi connectivity index (χ3n) is 5.85. The molecule has 0 bridgehead atoms. The summed E-state index contributed by atoms with van der Waals surface area (Å²) in [7, 11) is 0. The summed E-state index contributed by atoms with van der Waals surface area (Å²) in [4.78, 5) is 7.78. The largest absolute Gasteiger partial charge is 0.619 e. The number of aromatic nitrogens is 3. The molecule has 1 N–H and O–H groups in total. The van der Waals surface area contributed by atoms with Crippen molar-refractivity contribution in [3.05, 3.63) is 104 Å². The van der Waals surface area contributed by atoms with Crippen LogP contribution in [0.4, 0.5) is 30.7 Å². The lowest BCUT2D eigenvalue weighted by atomic mass is 9.91. The molecule has 0 aliphatic carbocycles. The third-order valence-corrected chi connectivity index (χ3v) is 7.53. The average Bonchev–Trinajstić information content (AvgIpc) is 3.38. The van der Waals surface area contributed by atoms with Crippen LogP contribution in [0.5, 0.6) is 11.5 Å². The van der Waals surface area contributed by atoms with Crippen molar-refractivity contribution < 1.29 is 50.0 Å². The number of thiazole rings is 1. The Kier molecular flexibility index (Phi) is 9.03. The molecular formula is C25H17BrF7N3O4S. The van der Waals surface area contributed by atoms with E-state index in [0.717, 1.165) is 30.6 Å². The van der Waals surface area contributed by atoms with E-state index in [-0.39, 0.29) is 21.5 Å². The molecule has 41 heavy (non-hydrogen) atoms. The minimum Gasteiger partial charge on any atom is -0.619 e. The molecule has 16 heteroatoms. The Bertz CT molecular complexity index is 1470.